The lowest BCUT2D eigenvalue weighted by molar-refractivity contribution is -0.0506. The molecule has 0 aromatic heterocycles. The van der Waals surface area contributed by atoms with Gasteiger partial charge in [0.25, 0.3) is 0 Å². The molecule has 0 bridgehead atoms. The van der Waals surface area contributed by atoms with Crippen molar-refractivity contribution in [2.75, 3.05) is 13.1 Å². The van der Waals surface area contributed by atoms with Gasteiger partial charge in [0, 0.05) is 12.6 Å². The molecule has 16 heavy (non-hydrogen) atoms. The zero-order valence-corrected chi connectivity index (χ0v) is 11.0. The number of aliphatic hydroxyl groups is 1. The molecule has 1 unspecified atom stereocenters. The van der Waals surface area contributed by atoms with E-state index >= 15 is 0 Å². The Hall–Kier alpha value is -0.590. The molecule has 0 radical (unpaired) electrons. The molecule has 1 atom stereocenters. The van der Waals surface area contributed by atoms with E-state index in [-0.39, 0.29) is 0 Å². The van der Waals surface area contributed by atoms with Crippen molar-refractivity contribution in [3.63, 3.8) is 0 Å². The molecule has 1 N–H and O–H groups in total. The second-order valence-electron chi connectivity index (χ2n) is 5.75. The molecule has 3 nitrogen and oxygen atoms in total. The summed E-state index contributed by atoms with van der Waals surface area (Å²) in [5.74, 6) is 0. The first kappa shape index (κ1) is 13.5. The van der Waals surface area contributed by atoms with E-state index < -0.39 is 11.0 Å². The Morgan fingerprint density at radius 2 is 1.94 bits per heavy atom. The van der Waals surface area contributed by atoms with Gasteiger partial charge < -0.3 is 10.0 Å². The third-order valence-electron chi connectivity index (χ3n) is 4.02. The van der Waals surface area contributed by atoms with Crippen LogP contribution >= 0.6 is 0 Å². The van der Waals surface area contributed by atoms with Gasteiger partial charge in [-0.25, -0.2) is 0 Å². The molecule has 0 aromatic rings. The minimum atomic E-state index is -0.828. The van der Waals surface area contributed by atoms with Gasteiger partial charge in [-0.15, -0.1) is 0 Å². The SMILES string of the molecule is CC(C)N1CCCC(O)(C(C)(C)C#N)CC1. The van der Waals surface area contributed by atoms with Gasteiger partial charge in [0.15, 0.2) is 0 Å². The lowest BCUT2D eigenvalue weighted by Crippen LogP contribution is -2.44. The first-order chi connectivity index (χ1) is 7.32. The Balaban J connectivity index is 2.76. The highest BCUT2D eigenvalue weighted by atomic mass is 16.3. The Bertz CT molecular complexity index is 280. The third kappa shape index (κ3) is 2.56. The van der Waals surface area contributed by atoms with Crippen LogP contribution in [-0.4, -0.2) is 34.7 Å². The fourth-order valence-electron chi connectivity index (χ4n) is 2.39. The van der Waals surface area contributed by atoms with Crippen LogP contribution in [0.15, 0.2) is 0 Å². The Kier molecular flexibility index (Phi) is 3.98. The summed E-state index contributed by atoms with van der Waals surface area (Å²) in [6, 6.07) is 2.78. The highest BCUT2D eigenvalue weighted by Crippen LogP contribution is 2.38. The molecule has 1 aliphatic heterocycles. The van der Waals surface area contributed by atoms with E-state index in [0.717, 1.165) is 25.9 Å². The van der Waals surface area contributed by atoms with E-state index in [1.165, 1.54) is 0 Å². The molecule has 0 saturated carbocycles. The second kappa shape index (κ2) is 4.73. The van der Waals surface area contributed by atoms with Crippen molar-refractivity contribution < 1.29 is 5.11 Å². The molecule has 1 fully saturated rings. The van der Waals surface area contributed by atoms with Crippen molar-refractivity contribution in [3.8, 4) is 6.07 Å². The summed E-state index contributed by atoms with van der Waals surface area (Å²) in [6.07, 6.45) is 2.41. The van der Waals surface area contributed by atoms with Crippen LogP contribution in [0.2, 0.25) is 0 Å². The number of likely N-dealkylation sites (tertiary alicyclic amines) is 1. The molecule has 0 amide bonds. The number of nitriles is 1. The van der Waals surface area contributed by atoms with Gasteiger partial charge in [-0.1, -0.05) is 0 Å². The molecule has 1 saturated heterocycles. The van der Waals surface area contributed by atoms with E-state index in [9.17, 15) is 5.11 Å². The van der Waals surface area contributed by atoms with Crippen molar-refractivity contribution in [1.82, 2.24) is 4.90 Å². The number of hydrogen-bond acceptors (Lipinski definition) is 3. The Labute approximate surface area is 99.1 Å². The topological polar surface area (TPSA) is 47.3 Å². The Morgan fingerprint density at radius 1 is 1.31 bits per heavy atom. The molecule has 0 spiro atoms. The second-order valence-corrected chi connectivity index (χ2v) is 5.75. The molecule has 1 rings (SSSR count). The van der Waals surface area contributed by atoms with Crippen LogP contribution in [0.1, 0.15) is 47.0 Å². The molecular formula is C13H24N2O. The average Bonchev–Trinajstić information content (AvgIpc) is 2.41. The smallest absolute Gasteiger partial charge is 0.0840 e. The van der Waals surface area contributed by atoms with Gasteiger partial charge in [0.1, 0.15) is 0 Å². The van der Waals surface area contributed by atoms with Crippen LogP contribution < -0.4 is 0 Å². The fraction of sp³-hybridized carbons (Fsp3) is 0.923. The number of rotatable bonds is 2. The molecule has 0 aliphatic carbocycles. The minimum absolute atomic E-state index is 0.521. The van der Waals surface area contributed by atoms with Gasteiger partial charge in [-0.05, 0) is 53.5 Å². The lowest BCUT2D eigenvalue weighted by Gasteiger charge is -2.37. The molecule has 1 aliphatic rings. The molecule has 1 heterocycles. The molecule has 0 aromatic carbocycles. The van der Waals surface area contributed by atoms with Crippen molar-refractivity contribution in [3.05, 3.63) is 0 Å². The standard InChI is InChI=1S/C13H24N2O/c1-11(2)15-8-5-6-13(16,7-9-15)12(3,4)10-14/h11,16H,5-9H2,1-4H3. The highest BCUT2D eigenvalue weighted by Gasteiger charge is 2.44. The molecular weight excluding hydrogens is 200 g/mol. The largest absolute Gasteiger partial charge is 0.388 e. The summed E-state index contributed by atoms with van der Waals surface area (Å²) in [5, 5.41) is 19.8. The summed E-state index contributed by atoms with van der Waals surface area (Å²) in [7, 11) is 0. The van der Waals surface area contributed by atoms with Crippen LogP contribution in [0.5, 0.6) is 0 Å². The van der Waals surface area contributed by atoms with E-state index in [1.54, 1.807) is 0 Å². The van der Waals surface area contributed by atoms with Crippen LogP contribution in [0.3, 0.4) is 0 Å². The normalized spacial score (nSPS) is 28.8. The first-order valence-electron chi connectivity index (χ1n) is 6.20. The predicted octanol–water partition coefficient (Wildman–Crippen LogP) is 2.16. The lowest BCUT2D eigenvalue weighted by atomic mass is 9.72. The third-order valence-corrected chi connectivity index (χ3v) is 4.02. The van der Waals surface area contributed by atoms with E-state index in [0.29, 0.717) is 12.5 Å². The van der Waals surface area contributed by atoms with E-state index in [4.69, 9.17) is 5.26 Å². The highest BCUT2D eigenvalue weighted by molar-refractivity contribution is 5.07. The van der Waals surface area contributed by atoms with Crippen LogP contribution in [-0.2, 0) is 0 Å². The summed E-state index contributed by atoms with van der Waals surface area (Å²) in [4.78, 5) is 2.38. The van der Waals surface area contributed by atoms with Gasteiger partial charge >= 0.3 is 0 Å². The maximum absolute atomic E-state index is 10.6. The fourth-order valence-corrected chi connectivity index (χ4v) is 2.39. The zero-order valence-electron chi connectivity index (χ0n) is 11.0. The number of nitrogens with zero attached hydrogens (tertiary/aromatic N) is 2. The monoisotopic (exact) mass is 224 g/mol. The van der Waals surface area contributed by atoms with Crippen molar-refractivity contribution in [2.45, 2.75) is 58.6 Å². The van der Waals surface area contributed by atoms with Gasteiger partial charge in [0.2, 0.25) is 0 Å². The summed E-state index contributed by atoms with van der Waals surface area (Å²) < 4.78 is 0. The van der Waals surface area contributed by atoms with Gasteiger partial charge in [0.05, 0.1) is 17.1 Å². The van der Waals surface area contributed by atoms with Crippen LogP contribution in [0.4, 0.5) is 0 Å². The number of hydrogen-bond donors (Lipinski definition) is 1. The minimum Gasteiger partial charge on any atom is -0.388 e. The van der Waals surface area contributed by atoms with Crippen LogP contribution in [0.25, 0.3) is 0 Å². The maximum Gasteiger partial charge on any atom is 0.0840 e. The summed E-state index contributed by atoms with van der Waals surface area (Å²) >= 11 is 0. The van der Waals surface area contributed by atoms with Crippen molar-refractivity contribution >= 4 is 0 Å². The van der Waals surface area contributed by atoms with Crippen molar-refractivity contribution in [1.29, 1.82) is 5.26 Å². The van der Waals surface area contributed by atoms with Crippen LogP contribution in [0, 0.1) is 16.7 Å². The van der Waals surface area contributed by atoms with Gasteiger partial charge in [-0.3, -0.25) is 0 Å². The molecule has 92 valence electrons. The predicted molar refractivity (Wildman–Crippen MR) is 64.9 cm³/mol. The average molecular weight is 224 g/mol. The maximum atomic E-state index is 10.6. The molecule has 3 heteroatoms. The van der Waals surface area contributed by atoms with E-state index in [2.05, 4.69) is 24.8 Å². The van der Waals surface area contributed by atoms with E-state index in [1.807, 2.05) is 13.8 Å². The Morgan fingerprint density at radius 3 is 2.44 bits per heavy atom. The summed E-state index contributed by atoms with van der Waals surface area (Å²) in [5.41, 5.74) is -1.48. The van der Waals surface area contributed by atoms with Crippen molar-refractivity contribution in [2.24, 2.45) is 5.41 Å². The summed E-state index contributed by atoms with van der Waals surface area (Å²) in [6.45, 7) is 9.97. The van der Waals surface area contributed by atoms with Gasteiger partial charge in [-0.2, -0.15) is 5.26 Å². The quantitative estimate of drug-likeness (QED) is 0.782. The zero-order chi connectivity index (χ0) is 12.4. The first-order valence-corrected chi connectivity index (χ1v) is 6.20.